The fourth-order valence-electron chi connectivity index (χ4n) is 2.77. The second-order valence-electron chi connectivity index (χ2n) is 6.79. The van der Waals surface area contributed by atoms with Crippen LogP contribution >= 0.6 is 0 Å². The van der Waals surface area contributed by atoms with Crippen molar-refractivity contribution in [3.63, 3.8) is 0 Å². The summed E-state index contributed by atoms with van der Waals surface area (Å²) < 4.78 is 15.8. The number of rotatable bonds is 7. The molecule has 30 heavy (non-hydrogen) atoms. The summed E-state index contributed by atoms with van der Waals surface area (Å²) in [5.74, 6) is 1.63. The number of nitrogens with zero attached hydrogens (tertiary/aromatic N) is 5. The van der Waals surface area contributed by atoms with Crippen molar-refractivity contribution < 1.29 is 18.6 Å². The monoisotopic (exact) mass is 409 g/mol. The third kappa shape index (κ3) is 3.90. The molecule has 0 spiro atoms. The molecule has 3 aromatic heterocycles. The van der Waals surface area contributed by atoms with Crippen LogP contribution in [0.5, 0.6) is 5.75 Å². The number of benzene rings is 1. The second kappa shape index (κ2) is 8.15. The van der Waals surface area contributed by atoms with Crippen LogP contribution in [0.25, 0.3) is 23.0 Å². The highest BCUT2D eigenvalue weighted by molar-refractivity contribution is 5.93. The minimum atomic E-state index is -0.525. The standard InChI is InChI=1S/C19H19N7O4/c1-10(2)15(19-23-17(26-30-19)16-20-9-21-24-16)22-18(27)13-8-14(29-25-13)11-4-6-12(28-3)7-5-11/h4-10,15H,1-3H3,(H,22,27)(H,20,21,24)/t15-/m1/s1. The maximum absolute atomic E-state index is 12.7. The van der Waals surface area contributed by atoms with Crippen LogP contribution in [0.2, 0.25) is 0 Å². The van der Waals surface area contributed by atoms with Crippen LogP contribution in [0.4, 0.5) is 0 Å². The Morgan fingerprint density at radius 1 is 1.17 bits per heavy atom. The van der Waals surface area contributed by atoms with Crippen molar-refractivity contribution in [2.45, 2.75) is 19.9 Å². The first-order valence-electron chi connectivity index (χ1n) is 9.16. The molecule has 1 atom stereocenters. The van der Waals surface area contributed by atoms with Gasteiger partial charge < -0.3 is 19.1 Å². The molecule has 1 aromatic carbocycles. The van der Waals surface area contributed by atoms with E-state index in [2.05, 4.69) is 35.8 Å². The minimum Gasteiger partial charge on any atom is -0.497 e. The molecule has 0 aliphatic heterocycles. The van der Waals surface area contributed by atoms with E-state index in [4.69, 9.17) is 13.8 Å². The predicted octanol–water partition coefficient (Wildman–Crippen LogP) is 2.65. The van der Waals surface area contributed by atoms with Crippen molar-refractivity contribution >= 4 is 5.91 Å². The van der Waals surface area contributed by atoms with Crippen molar-refractivity contribution in [1.82, 2.24) is 35.8 Å². The van der Waals surface area contributed by atoms with Gasteiger partial charge in [-0.3, -0.25) is 9.89 Å². The predicted molar refractivity (Wildman–Crippen MR) is 103 cm³/mol. The van der Waals surface area contributed by atoms with Crippen LogP contribution in [0.15, 0.2) is 45.7 Å². The lowest BCUT2D eigenvalue weighted by Crippen LogP contribution is -2.32. The molecule has 0 aliphatic rings. The van der Waals surface area contributed by atoms with Gasteiger partial charge in [-0.25, -0.2) is 4.98 Å². The Morgan fingerprint density at radius 2 is 1.97 bits per heavy atom. The van der Waals surface area contributed by atoms with Crippen molar-refractivity contribution in [1.29, 1.82) is 0 Å². The van der Waals surface area contributed by atoms with Gasteiger partial charge in [0.05, 0.1) is 7.11 Å². The number of hydrogen-bond acceptors (Lipinski definition) is 9. The van der Waals surface area contributed by atoms with Crippen molar-refractivity contribution in [3.05, 3.63) is 48.2 Å². The van der Waals surface area contributed by atoms with Gasteiger partial charge in [0.25, 0.3) is 5.91 Å². The minimum absolute atomic E-state index is 0.0232. The number of nitrogens with one attached hydrogen (secondary N) is 2. The summed E-state index contributed by atoms with van der Waals surface area (Å²) in [7, 11) is 1.59. The summed E-state index contributed by atoms with van der Waals surface area (Å²) in [5.41, 5.74) is 0.915. The summed E-state index contributed by atoms with van der Waals surface area (Å²) in [4.78, 5) is 21.0. The van der Waals surface area contributed by atoms with Crippen LogP contribution in [0.3, 0.4) is 0 Å². The normalized spacial score (nSPS) is 12.1. The van der Waals surface area contributed by atoms with Crippen LogP contribution in [0.1, 0.15) is 36.3 Å². The summed E-state index contributed by atoms with van der Waals surface area (Å²) in [6.07, 6.45) is 1.35. The number of ether oxygens (including phenoxy) is 1. The van der Waals surface area contributed by atoms with E-state index in [0.717, 1.165) is 11.3 Å². The average Bonchev–Trinajstić information content (AvgIpc) is 3.52. The zero-order chi connectivity index (χ0) is 21.1. The lowest BCUT2D eigenvalue weighted by atomic mass is 10.0. The highest BCUT2D eigenvalue weighted by atomic mass is 16.5. The number of aromatic nitrogens is 6. The Labute approximate surface area is 170 Å². The lowest BCUT2D eigenvalue weighted by molar-refractivity contribution is 0.0904. The second-order valence-corrected chi connectivity index (χ2v) is 6.79. The zero-order valence-corrected chi connectivity index (χ0v) is 16.5. The van der Waals surface area contributed by atoms with E-state index in [9.17, 15) is 4.79 Å². The third-order valence-electron chi connectivity index (χ3n) is 4.41. The first-order valence-corrected chi connectivity index (χ1v) is 9.16. The number of amides is 1. The van der Waals surface area contributed by atoms with E-state index in [1.807, 2.05) is 26.0 Å². The topological polar surface area (TPSA) is 145 Å². The number of carbonyl (C=O) groups is 1. The van der Waals surface area contributed by atoms with Gasteiger partial charge in [0.1, 0.15) is 18.1 Å². The number of carbonyl (C=O) groups excluding carboxylic acids is 1. The molecule has 2 N–H and O–H groups in total. The third-order valence-corrected chi connectivity index (χ3v) is 4.41. The van der Waals surface area contributed by atoms with Gasteiger partial charge in [-0.15, -0.1) is 0 Å². The molecular weight excluding hydrogens is 390 g/mol. The van der Waals surface area contributed by atoms with Crippen molar-refractivity contribution in [2.24, 2.45) is 5.92 Å². The first-order chi connectivity index (χ1) is 14.5. The quantitative estimate of drug-likeness (QED) is 0.470. The first kappa shape index (κ1) is 19.3. The molecule has 4 aromatic rings. The van der Waals surface area contributed by atoms with Gasteiger partial charge in [-0.2, -0.15) is 10.1 Å². The average molecular weight is 409 g/mol. The Bertz CT molecular complexity index is 1120. The van der Waals surface area contributed by atoms with Crippen molar-refractivity contribution in [3.8, 4) is 28.7 Å². The molecule has 11 nitrogen and oxygen atoms in total. The Balaban J connectivity index is 1.50. The van der Waals surface area contributed by atoms with Gasteiger partial charge in [0.15, 0.2) is 17.3 Å². The molecular formula is C19H19N7O4. The molecule has 0 saturated carbocycles. The van der Waals surface area contributed by atoms with E-state index in [-0.39, 0.29) is 23.3 Å². The molecule has 154 valence electrons. The molecule has 4 rings (SSSR count). The molecule has 0 aliphatic carbocycles. The SMILES string of the molecule is COc1ccc(-c2cc(C(=O)N[C@@H](c3nc(-c4ncn[nH]4)no3)C(C)C)no2)cc1. The fraction of sp³-hybridized carbons (Fsp3) is 0.263. The Kier molecular flexibility index (Phi) is 5.24. The molecule has 0 radical (unpaired) electrons. The van der Waals surface area contributed by atoms with Gasteiger partial charge in [-0.05, 0) is 30.2 Å². The van der Waals surface area contributed by atoms with Crippen LogP contribution in [0, 0.1) is 5.92 Å². The van der Waals surface area contributed by atoms with E-state index in [1.165, 1.54) is 6.33 Å². The largest absolute Gasteiger partial charge is 0.497 e. The van der Waals surface area contributed by atoms with Crippen LogP contribution in [-0.4, -0.2) is 43.5 Å². The molecule has 1 amide bonds. The summed E-state index contributed by atoms with van der Waals surface area (Å²) >= 11 is 0. The molecule has 0 unspecified atom stereocenters. The molecule has 0 bridgehead atoms. The van der Waals surface area contributed by atoms with E-state index < -0.39 is 11.9 Å². The number of methoxy groups -OCH3 is 1. The Hall–Kier alpha value is -4.02. The molecule has 11 heteroatoms. The molecule has 0 saturated heterocycles. The van der Waals surface area contributed by atoms with E-state index in [0.29, 0.717) is 11.6 Å². The highest BCUT2D eigenvalue weighted by Gasteiger charge is 2.27. The Morgan fingerprint density at radius 3 is 2.63 bits per heavy atom. The maximum Gasteiger partial charge on any atom is 0.274 e. The van der Waals surface area contributed by atoms with Gasteiger partial charge in [0, 0.05) is 11.6 Å². The summed E-state index contributed by atoms with van der Waals surface area (Å²) in [5, 5.41) is 17.1. The van der Waals surface area contributed by atoms with Gasteiger partial charge >= 0.3 is 0 Å². The fourth-order valence-corrected chi connectivity index (χ4v) is 2.77. The zero-order valence-electron chi connectivity index (χ0n) is 16.5. The highest BCUT2D eigenvalue weighted by Crippen LogP contribution is 2.25. The number of hydrogen-bond donors (Lipinski definition) is 2. The smallest absolute Gasteiger partial charge is 0.274 e. The van der Waals surface area contributed by atoms with Crippen LogP contribution in [-0.2, 0) is 0 Å². The lowest BCUT2D eigenvalue weighted by Gasteiger charge is -2.17. The van der Waals surface area contributed by atoms with Crippen molar-refractivity contribution in [2.75, 3.05) is 7.11 Å². The summed E-state index contributed by atoms with van der Waals surface area (Å²) in [6, 6.07) is 8.29. The molecule has 3 heterocycles. The summed E-state index contributed by atoms with van der Waals surface area (Å²) in [6.45, 7) is 3.85. The van der Waals surface area contributed by atoms with E-state index >= 15 is 0 Å². The van der Waals surface area contributed by atoms with E-state index in [1.54, 1.807) is 25.3 Å². The van der Waals surface area contributed by atoms with Crippen LogP contribution < -0.4 is 10.1 Å². The maximum atomic E-state index is 12.7. The van der Waals surface area contributed by atoms with Gasteiger partial charge in [0.2, 0.25) is 11.7 Å². The molecule has 0 fully saturated rings. The van der Waals surface area contributed by atoms with Gasteiger partial charge in [-0.1, -0.05) is 24.2 Å². The number of aromatic amines is 1. The number of H-pyrrole nitrogens is 1.